The van der Waals surface area contributed by atoms with Crippen LogP contribution in [0.3, 0.4) is 0 Å². The van der Waals surface area contributed by atoms with Crippen molar-refractivity contribution >= 4 is 0 Å². The monoisotopic (exact) mass is 221 g/mol. The molecule has 0 radical (unpaired) electrons. The third kappa shape index (κ3) is 1.89. The molecular formula is C13H19NO2. The van der Waals surface area contributed by atoms with Crippen LogP contribution in [0.25, 0.3) is 0 Å². The standard InChI is InChI=1S/C13H19NO2/c15-10-6-9(7-10)8-14-12-2-1-3-13-11(12)4-5-16-13/h4-5,9-10,12,14-15H,1-3,6-8H2. The van der Waals surface area contributed by atoms with Crippen molar-refractivity contribution in [1.82, 2.24) is 5.32 Å². The molecule has 0 amide bonds. The number of aryl methyl sites for hydroxylation is 1. The van der Waals surface area contributed by atoms with Crippen LogP contribution in [0.2, 0.25) is 0 Å². The van der Waals surface area contributed by atoms with Crippen molar-refractivity contribution in [2.75, 3.05) is 6.54 Å². The summed E-state index contributed by atoms with van der Waals surface area (Å²) < 4.78 is 5.47. The predicted molar refractivity (Wildman–Crippen MR) is 61.1 cm³/mol. The number of furan rings is 1. The molecule has 0 saturated heterocycles. The Morgan fingerprint density at radius 2 is 2.31 bits per heavy atom. The zero-order chi connectivity index (χ0) is 11.0. The van der Waals surface area contributed by atoms with Gasteiger partial charge in [-0.3, -0.25) is 0 Å². The second-order valence-electron chi connectivity index (χ2n) is 5.14. The smallest absolute Gasteiger partial charge is 0.108 e. The molecule has 0 bridgehead atoms. The molecule has 0 aliphatic heterocycles. The molecule has 16 heavy (non-hydrogen) atoms. The number of hydrogen-bond acceptors (Lipinski definition) is 3. The van der Waals surface area contributed by atoms with Gasteiger partial charge in [-0.25, -0.2) is 0 Å². The fraction of sp³-hybridized carbons (Fsp3) is 0.692. The SMILES string of the molecule is OC1CC(CNC2CCCc3occc32)C1. The number of fused-ring (bicyclic) bond motifs is 1. The van der Waals surface area contributed by atoms with Gasteiger partial charge >= 0.3 is 0 Å². The quantitative estimate of drug-likeness (QED) is 0.820. The van der Waals surface area contributed by atoms with Crippen LogP contribution in [0.1, 0.15) is 43.0 Å². The number of rotatable bonds is 3. The fourth-order valence-corrected chi connectivity index (χ4v) is 2.87. The third-order valence-corrected chi connectivity index (χ3v) is 3.92. The zero-order valence-corrected chi connectivity index (χ0v) is 9.48. The highest BCUT2D eigenvalue weighted by atomic mass is 16.3. The summed E-state index contributed by atoms with van der Waals surface area (Å²) in [4.78, 5) is 0. The molecule has 88 valence electrons. The van der Waals surface area contributed by atoms with E-state index in [1.165, 1.54) is 18.4 Å². The topological polar surface area (TPSA) is 45.4 Å². The van der Waals surface area contributed by atoms with Gasteiger partial charge in [-0.1, -0.05) is 0 Å². The molecule has 3 nitrogen and oxygen atoms in total. The number of nitrogens with one attached hydrogen (secondary N) is 1. The largest absolute Gasteiger partial charge is 0.469 e. The average molecular weight is 221 g/mol. The van der Waals surface area contributed by atoms with E-state index in [9.17, 15) is 5.11 Å². The first-order valence-electron chi connectivity index (χ1n) is 6.30. The van der Waals surface area contributed by atoms with Crippen LogP contribution in [0.15, 0.2) is 16.7 Å². The van der Waals surface area contributed by atoms with Gasteiger partial charge in [-0.2, -0.15) is 0 Å². The van der Waals surface area contributed by atoms with Crippen LogP contribution in [0, 0.1) is 5.92 Å². The molecule has 2 N–H and O–H groups in total. The van der Waals surface area contributed by atoms with Gasteiger partial charge < -0.3 is 14.8 Å². The summed E-state index contributed by atoms with van der Waals surface area (Å²) in [5.74, 6) is 1.84. The minimum absolute atomic E-state index is 0.0392. The molecule has 3 heteroatoms. The first-order valence-corrected chi connectivity index (χ1v) is 6.30. The molecule has 1 aromatic rings. The number of aliphatic hydroxyl groups excluding tert-OH is 1. The van der Waals surface area contributed by atoms with Crippen LogP contribution in [0.5, 0.6) is 0 Å². The van der Waals surface area contributed by atoms with Gasteiger partial charge in [-0.05, 0) is 44.2 Å². The van der Waals surface area contributed by atoms with Gasteiger partial charge in [0.15, 0.2) is 0 Å². The van der Waals surface area contributed by atoms with E-state index >= 15 is 0 Å². The van der Waals surface area contributed by atoms with Gasteiger partial charge in [-0.15, -0.1) is 0 Å². The lowest BCUT2D eigenvalue weighted by atomic mass is 9.82. The summed E-state index contributed by atoms with van der Waals surface area (Å²) in [5.41, 5.74) is 1.35. The first-order chi connectivity index (χ1) is 7.83. The highest BCUT2D eigenvalue weighted by molar-refractivity contribution is 5.24. The van der Waals surface area contributed by atoms with Crippen LogP contribution in [-0.2, 0) is 6.42 Å². The summed E-state index contributed by atoms with van der Waals surface area (Å²) >= 11 is 0. The predicted octanol–water partition coefficient (Wildman–Crippen LogP) is 2.02. The molecule has 3 rings (SSSR count). The van der Waals surface area contributed by atoms with E-state index < -0.39 is 0 Å². The Morgan fingerprint density at radius 3 is 3.12 bits per heavy atom. The maximum atomic E-state index is 9.24. The molecule has 1 atom stereocenters. The summed E-state index contributed by atoms with van der Waals surface area (Å²) in [7, 11) is 0. The van der Waals surface area contributed by atoms with Crippen molar-refractivity contribution in [3.63, 3.8) is 0 Å². The van der Waals surface area contributed by atoms with Crippen molar-refractivity contribution in [2.45, 2.75) is 44.2 Å². The van der Waals surface area contributed by atoms with Crippen LogP contribution < -0.4 is 5.32 Å². The molecule has 1 unspecified atom stereocenters. The van der Waals surface area contributed by atoms with Crippen LogP contribution in [-0.4, -0.2) is 17.8 Å². The van der Waals surface area contributed by atoms with Gasteiger partial charge in [0.1, 0.15) is 5.76 Å². The third-order valence-electron chi connectivity index (χ3n) is 3.92. The van der Waals surface area contributed by atoms with Crippen LogP contribution in [0.4, 0.5) is 0 Å². The number of aliphatic hydroxyl groups is 1. The summed E-state index contributed by atoms with van der Waals surface area (Å²) in [6.07, 6.45) is 7.21. The molecule has 1 saturated carbocycles. The first kappa shape index (κ1) is 10.4. The van der Waals surface area contributed by atoms with Gasteiger partial charge in [0.05, 0.1) is 12.4 Å². The molecular weight excluding hydrogens is 202 g/mol. The second-order valence-corrected chi connectivity index (χ2v) is 5.14. The summed E-state index contributed by atoms with van der Waals surface area (Å²) in [5, 5.41) is 12.9. The second kappa shape index (κ2) is 4.22. The Kier molecular flexibility index (Phi) is 2.74. The molecule has 0 spiro atoms. The minimum Gasteiger partial charge on any atom is -0.469 e. The van der Waals surface area contributed by atoms with E-state index in [0.717, 1.165) is 31.6 Å². The molecule has 2 aliphatic carbocycles. The zero-order valence-electron chi connectivity index (χ0n) is 9.48. The Morgan fingerprint density at radius 1 is 1.44 bits per heavy atom. The lowest BCUT2D eigenvalue weighted by molar-refractivity contribution is 0.0415. The molecule has 2 aliphatic rings. The Hall–Kier alpha value is -0.800. The Labute approximate surface area is 95.8 Å². The van der Waals surface area contributed by atoms with E-state index in [-0.39, 0.29) is 6.10 Å². The highest BCUT2D eigenvalue weighted by Crippen LogP contribution is 2.32. The highest BCUT2D eigenvalue weighted by Gasteiger charge is 2.29. The summed E-state index contributed by atoms with van der Waals surface area (Å²) in [6, 6.07) is 2.57. The van der Waals surface area contributed by atoms with E-state index in [1.54, 1.807) is 6.26 Å². The van der Waals surface area contributed by atoms with E-state index in [0.29, 0.717) is 12.0 Å². The minimum atomic E-state index is -0.0392. The fourth-order valence-electron chi connectivity index (χ4n) is 2.87. The van der Waals surface area contributed by atoms with Crippen molar-refractivity contribution < 1.29 is 9.52 Å². The van der Waals surface area contributed by atoms with E-state index in [2.05, 4.69) is 11.4 Å². The van der Waals surface area contributed by atoms with E-state index in [1.807, 2.05) is 0 Å². The molecule has 1 aromatic heterocycles. The maximum Gasteiger partial charge on any atom is 0.108 e. The summed E-state index contributed by atoms with van der Waals surface area (Å²) in [6.45, 7) is 1.03. The van der Waals surface area contributed by atoms with Crippen molar-refractivity contribution in [2.24, 2.45) is 5.92 Å². The number of hydrogen-bond donors (Lipinski definition) is 2. The maximum absolute atomic E-state index is 9.24. The van der Waals surface area contributed by atoms with Gasteiger partial charge in [0.2, 0.25) is 0 Å². The molecule has 1 fully saturated rings. The lowest BCUT2D eigenvalue weighted by Crippen LogP contribution is -2.38. The van der Waals surface area contributed by atoms with E-state index in [4.69, 9.17) is 4.42 Å². The normalized spacial score (nSPS) is 33.2. The van der Waals surface area contributed by atoms with Gasteiger partial charge in [0.25, 0.3) is 0 Å². The van der Waals surface area contributed by atoms with Crippen molar-refractivity contribution in [3.05, 3.63) is 23.7 Å². The Balaban J connectivity index is 1.56. The van der Waals surface area contributed by atoms with Crippen LogP contribution >= 0.6 is 0 Å². The molecule has 0 aromatic carbocycles. The van der Waals surface area contributed by atoms with Gasteiger partial charge in [0, 0.05) is 18.0 Å². The Bertz CT molecular complexity index is 355. The van der Waals surface area contributed by atoms with Crippen molar-refractivity contribution in [3.8, 4) is 0 Å². The average Bonchev–Trinajstić information content (AvgIpc) is 2.71. The lowest BCUT2D eigenvalue weighted by Gasteiger charge is -2.33. The molecule has 1 heterocycles. The van der Waals surface area contributed by atoms with Crippen molar-refractivity contribution in [1.29, 1.82) is 0 Å².